The molecule has 4 aromatic rings. The second-order valence-electron chi connectivity index (χ2n) is 6.81. The number of amides is 1. The van der Waals surface area contributed by atoms with Crippen molar-refractivity contribution in [3.05, 3.63) is 71.4 Å². The Kier molecular flexibility index (Phi) is 4.37. The van der Waals surface area contributed by atoms with Crippen LogP contribution in [0.3, 0.4) is 0 Å². The number of ether oxygens (including phenoxy) is 1. The second kappa shape index (κ2) is 7.18. The van der Waals surface area contributed by atoms with E-state index in [4.69, 9.17) is 4.74 Å². The number of aromatic hydroxyl groups is 1. The molecule has 0 radical (unpaired) electrons. The van der Waals surface area contributed by atoms with Gasteiger partial charge in [0.05, 0.1) is 6.54 Å². The highest BCUT2D eigenvalue weighted by molar-refractivity contribution is 7.17. The molecule has 0 unspecified atom stereocenters. The van der Waals surface area contributed by atoms with Gasteiger partial charge in [-0.25, -0.2) is 0 Å². The molecule has 1 N–H and O–H groups in total. The van der Waals surface area contributed by atoms with Gasteiger partial charge >= 0.3 is 0 Å². The lowest BCUT2D eigenvalue weighted by atomic mass is 10.0. The highest BCUT2D eigenvalue weighted by Crippen LogP contribution is 2.41. The van der Waals surface area contributed by atoms with Gasteiger partial charge in [0.1, 0.15) is 6.61 Å². The highest BCUT2D eigenvalue weighted by atomic mass is 32.1. The van der Waals surface area contributed by atoms with E-state index >= 15 is 0 Å². The van der Waals surface area contributed by atoms with Gasteiger partial charge in [-0.05, 0) is 41.3 Å². The van der Waals surface area contributed by atoms with E-state index in [-0.39, 0.29) is 11.7 Å². The Morgan fingerprint density at radius 2 is 2.07 bits per heavy atom. The molecule has 2 aromatic heterocycles. The largest absolute Gasteiger partial charge is 0.504 e. The fourth-order valence-electron chi connectivity index (χ4n) is 3.61. The maximum absolute atomic E-state index is 12.8. The first-order chi connectivity index (χ1) is 14.2. The summed E-state index contributed by atoms with van der Waals surface area (Å²) < 4.78 is 6.97. The van der Waals surface area contributed by atoms with Crippen LogP contribution < -0.4 is 4.74 Å². The molecule has 0 aliphatic carbocycles. The number of hydrogen-bond donors (Lipinski definition) is 1. The van der Waals surface area contributed by atoms with Crippen molar-refractivity contribution < 1.29 is 14.6 Å². The van der Waals surface area contributed by atoms with Crippen molar-refractivity contribution in [2.75, 3.05) is 13.2 Å². The molecular formula is C22H17N3O3S. The van der Waals surface area contributed by atoms with Crippen LogP contribution in [0.25, 0.3) is 21.2 Å². The second-order valence-corrected chi connectivity index (χ2v) is 7.72. The van der Waals surface area contributed by atoms with E-state index in [1.54, 1.807) is 34.4 Å². The van der Waals surface area contributed by atoms with E-state index < -0.39 is 0 Å². The Balaban J connectivity index is 1.54. The van der Waals surface area contributed by atoms with Crippen LogP contribution in [-0.4, -0.2) is 39.3 Å². The Labute approximate surface area is 171 Å². The standard InChI is InChI=1S/C22H17N3O3S/c26-19-11-14(17-13-29-20-6-2-1-4-16(17)20)10-15-12-25(8-9-28-21(15)19)22(27)18-5-3-7-23-24-18/h1-7,10-11,13,26H,8-9,12H2. The number of hydrogen-bond acceptors (Lipinski definition) is 6. The number of thiophene rings is 1. The molecule has 0 saturated heterocycles. The van der Waals surface area contributed by atoms with Gasteiger partial charge in [-0.2, -0.15) is 5.10 Å². The smallest absolute Gasteiger partial charge is 0.274 e. The fourth-order valence-corrected chi connectivity index (χ4v) is 4.58. The summed E-state index contributed by atoms with van der Waals surface area (Å²) in [6.07, 6.45) is 1.53. The van der Waals surface area contributed by atoms with Crippen LogP contribution in [0.15, 0.2) is 60.1 Å². The molecule has 6 nitrogen and oxygen atoms in total. The Morgan fingerprint density at radius 1 is 1.17 bits per heavy atom. The first-order valence-electron chi connectivity index (χ1n) is 9.23. The molecule has 0 saturated carbocycles. The first-order valence-corrected chi connectivity index (χ1v) is 10.1. The van der Waals surface area contributed by atoms with Crippen LogP contribution in [0.1, 0.15) is 16.1 Å². The zero-order chi connectivity index (χ0) is 19.8. The van der Waals surface area contributed by atoms with Gasteiger partial charge in [0.15, 0.2) is 17.2 Å². The quantitative estimate of drug-likeness (QED) is 0.545. The third-order valence-electron chi connectivity index (χ3n) is 4.99. The molecule has 7 heteroatoms. The van der Waals surface area contributed by atoms with E-state index in [9.17, 15) is 9.90 Å². The molecule has 0 fully saturated rings. The number of fused-ring (bicyclic) bond motifs is 2. The van der Waals surface area contributed by atoms with Gasteiger partial charge in [0, 0.05) is 34.0 Å². The SMILES string of the molecule is O=C(c1cccnn1)N1CCOc2c(O)cc(-c3csc4ccccc34)cc2C1. The number of phenolic OH excluding ortho intramolecular Hbond substituents is 1. The van der Waals surface area contributed by atoms with E-state index in [2.05, 4.69) is 27.7 Å². The summed E-state index contributed by atoms with van der Waals surface area (Å²) in [6, 6.07) is 15.2. The number of carbonyl (C=O) groups is 1. The maximum Gasteiger partial charge on any atom is 0.274 e. The van der Waals surface area contributed by atoms with Crippen molar-refractivity contribution in [2.45, 2.75) is 6.54 Å². The average Bonchev–Trinajstić information content (AvgIpc) is 3.06. The summed E-state index contributed by atoms with van der Waals surface area (Å²) in [6.45, 7) is 1.03. The number of nitrogens with zero attached hydrogens (tertiary/aromatic N) is 3. The minimum Gasteiger partial charge on any atom is -0.504 e. The van der Waals surface area contributed by atoms with Gasteiger partial charge in [0.25, 0.3) is 5.91 Å². The molecule has 1 aliphatic rings. The minimum atomic E-state index is -0.208. The number of benzene rings is 2. The fraction of sp³-hybridized carbons (Fsp3) is 0.136. The monoisotopic (exact) mass is 403 g/mol. The van der Waals surface area contributed by atoms with E-state index in [1.165, 1.54) is 10.9 Å². The van der Waals surface area contributed by atoms with Crippen LogP contribution in [-0.2, 0) is 6.54 Å². The van der Waals surface area contributed by atoms with E-state index in [0.29, 0.717) is 31.1 Å². The summed E-state index contributed by atoms with van der Waals surface area (Å²) in [5, 5.41) is 21.6. The third-order valence-corrected chi connectivity index (χ3v) is 5.95. The molecule has 144 valence electrons. The first kappa shape index (κ1) is 17.6. The molecule has 2 aromatic carbocycles. The third kappa shape index (κ3) is 3.19. The average molecular weight is 403 g/mol. The Bertz CT molecular complexity index is 1210. The highest BCUT2D eigenvalue weighted by Gasteiger charge is 2.25. The molecule has 0 bridgehead atoms. The van der Waals surface area contributed by atoms with Crippen molar-refractivity contribution in [2.24, 2.45) is 0 Å². The summed E-state index contributed by atoms with van der Waals surface area (Å²) in [5.74, 6) is 0.310. The molecule has 3 heterocycles. The van der Waals surface area contributed by atoms with Crippen molar-refractivity contribution in [3.8, 4) is 22.6 Å². The summed E-state index contributed by atoms with van der Waals surface area (Å²) >= 11 is 1.67. The Hall–Kier alpha value is -3.45. The predicted octanol–water partition coefficient (Wildman–Crippen LogP) is 4.10. The van der Waals surface area contributed by atoms with Crippen LogP contribution in [0.2, 0.25) is 0 Å². The van der Waals surface area contributed by atoms with Gasteiger partial charge in [-0.15, -0.1) is 16.4 Å². The van der Waals surface area contributed by atoms with Crippen molar-refractivity contribution in [3.63, 3.8) is 0 Å². The van der Waals surface area contributed by atoms with E-state index in [0.717, 1.165) is 22.1 Å². The minimum absolute atomic E-state index is 0.0848. The predicted molar refractivity (Wildman–Crippen MR) is 111 cm³/mol. The van der Waals surface area contributed by atoms with Gasteiger partial charge in [-0.3, -0.25) is 4.79 Å². The van der Waals surface area contributed by atoms with Crippen LogP contribution in [0.4, 0.5) is 0 Å². The summed E-state index contributed by atoms with van der Waals surface area (Å²) in [4.78, 5) is 14.5. The normalized spacial score (nSPS) is 13.6. The number of carbonyl (C=O) groups excluding carboxylic acids is 1. The molecule has 5 rings (SSSR count). The maximum atomic E-state index is 12.8. The van der Waals surface area contributed by atoms with Gasteiger partial charge in [-0.1, -0.05) is 18.2 Å². The van der Waals surface area contributed by atoms with Crippen LogP contribution in [0.5, 0.6) is 11.5 Å². The van der Waals surface area contributed by atoms with Crippen LogP contribution >= 0.6 is 11.3 Å². The summed E-state index contributed by atoms with van der Waals surface area (Å²) in [7, 11) is 0. The number of aromatic nitrogens is 2. The molecule has 1 aliphatic heterocycles. The lowest BCUT2D eigenvalue weighted by Gasteiger charge is -2.19. The van der Waals surface area contributed by atoms with Gasteiger partial charge < -0.3 is 14.7 Å². The zero-order valence-electron chi connectivity index (χ0n) is 15.4. The molecular weight excluding hydrogens is 386 g/mol. The molecule has 0 spiro atoms. The molecule has 29 heavy (non-hydrogen) atoms. The van der Waals surface area contributed by atoms with Crippen molar-refractivity contribution >= 4 is 27.3 Å². The van der Waals surface area contributed by atoms with Crippen molar-refractivity contribution in [1.29, 1.82) is 0 Å². The Morgan fingerprint density at radius 3 is 2.93 bits per heavy atom. The molecule has 0 atom stereocenters. The van der Waals surface area contributed by atoms with Gasteiger partial charge in [0.2, 0.25) is 0 Å². The lowest BCUT2D eigenvalue weighted by molar-refractivity contribution is 0.0726. The van der Waals surface area contributed by atoms with Crippen LogP contribution in [0, 0.1) is 0 Å². The topological polar surface area (TPSA) is 75.6 Å². The van der Waals surface area contributed by atoms with Crippen molar-refractivity contribution in [1.82, 2.24) is 15.1 Å². The van der Waals surface area contributed by atoms with E-state index in [1.807, 2.05) is 18.2 Å². The number of rotatable bonds is 2. The molecule has 1 amide bonds. The number of phenols is 1. The zero-order valence-corrected chi connectivity index (χ0v) is 16.2. The summed E-state index contributed by atoms with van der Waals surface area (Å²) in [5.41, 5.74) is 3.01. The lowest BCUT2D eigenvalue weighted by Crippen LogP contribution is -2.33.